The molecule has 0 atom stereocenters. The number of nitrogens with zero attached hydrogens (tertiary/aromatic N) is 1. The lowest BCUT2D eigenvalue weighted by Gasteiger charge is -1.97. The molecule has 0 spiro atoms. The van der Waals surface area contributed by atoms with Crippen LogP contribution in [0.3, 0.4) is 0 Å². The Labute approximate surface area is 88.1 Å². The molecule has 72 valence electrons. The molecule has 0 aromatic carbocycles. The van der Waals surface area contributed by atoms with E-state index in [4.69, 9.17) is 4.42 Å². The van der Waals surface area contributed by atoms with Gasteiger partial charge >= 0.3 is 0 Å². The molecule has 0 bridgehead atoms. The van der Waals surface area contributed by atoms with Gasteiger partial charge in [-0.25, -0.2) is 4.98 Å². The summed E-state index contributed by atoms with van der Waals surface area (Å²) in [6.45, 7) is 1.82. The van der Waals surface area contributed by atoms with Crippen molar-refractivity contribution in [1.82, 2.24) is 9.97 Å². The van der Waals surface area contributed by atoms with Crippen molar-refractivity contribution in [3.05, 3.63) is 39.1 Å². The third-order valence-electron chi connectivity index (χ3n) is 1.87. The van der Waals surface area contributed by atoms with Gasteiger partial charge in [-0.3, -0.25) is 4.79 Å². The van der Waals surface area contributed by atoms with Gasteiger partial charge in [-0.1, -0.05) is 0 Å². The first-order valence-corrected chi connectivity index (χ1v) is 4.77. The van der Waals surface area contributed by atoms with E-state index in [1.165, 1.54) is 6.20 Å². The standard InChI is InChI=1S/C9H7BrN2O2/c1-5-6(2-3-14-5)8-11-4-7(10)9(13)12-8/h2-4H,1H3,(H,11,12,13). The lowest BCUT2D eigenvalue weighted by atomic mass is 10.2. The SMILES string of the molecule is Cc1occc1-c1ncc(Br)c(=O)[nH]1. The van der Waals surface area contributed by atoms with Crippen LogP contribution in [0.5, 0.6) is 0 Å². The molecule has 4 nitrogen and oxygen atoms in total. The normalized spacial score (nSPS) is 10.4. The summed E-state index contributed by atoms with van der Waals surface area (Å²) in [5, 5.41) is 0. The summed E-state index contributed by atoms with van der Waals surface area (Å²) in [5.74, 6) is 1.25. The number of hydrogen-bond donors (Lipinski definition) is 1. The Morgan fingerprint density at radius 3 is 2.93 bits per heavy atom. The van der Waals surface area contributed by atoms with Gasteiger partial charge in [0.05, 0.1) is 11.8 Å². The Bertz CT molecular complexity index is 516. The van der Waals surface area contributed by atoms with Crippen molar-refractivity contribution >= 4 is 15.9 Å². The summed E-state index contributed by atoms with van der Waals surface area (Å²) in [4.78, 5) is 18.0. The molecular formula is C9H7BrN2O2. The molecule has 0 aliphatic heterocycles. The summed E-state index contributed by atoms with van der Waals surface area (Å²) in [6, 6.07) is 1.77. The van der Waals surface area contributed by atoms with Crippen molar-refractivity contribution in [2.75, 3.05) is 0 Å². The maximum absolute atomic E-state index is 11.3. The van der Waals surface area contributed by atoms with Crippen LogP contribution in [0.4, 0.5) is 0 Å². The van der Waals surface area contributed by atoms with Crippen molar-refractivity contribution in [2.24, 2.45) is 0 Å². The maximum Gasteiger partial charge on any atom is 0.265 e. The zero-order chi connectivity index (χ0) is 10.1. The fraction of sp³-hybridized carbons (Fsp3) is 0.111. The first-order valence-electron chi connectivity index (χ1n) is 3.98. The van der Waals surface area contributed by atoms with Crippen LogP contribution in [0.25, 0.3) is 11.4 Å². The number of halogens is 1. The molecule has 0 fully saturated rings. The molecule has 0 aliphatic rings. The highest BCUT2D eigenvalue weighted by Crippen LogP contribution is 2.19. The summed E-state index contributed by atoms with van der Waals surface area (Å²) in [7, 11) is 0. The molecule has 0 saturated heterocycles. The first-order chi connectivity index (χ1) is 6.68. The quantitative estimate of drug-likeness (QED) is 0.848. The molecule has 0 aliphatic carbocycles. The van der Waals surface area contributed by atoms with Gasteiger partial charge in [-0.2, -0.15) is 0 Å². The Morgan fingerprint density at radius 2 is 2.36 bits per heavy atom. The molecule has 2 aromatic heterocycles. The Kier molecular flexibility index (Phi) is 2.25. The monoisotopic (exact) mass is 254 g/mol. The van der Waals surface area contributed by atoms with Crippen LogP contribution in [0.2, 0.25) is 0 Å². The van der Waals surface area contributed by atoms with E-state index in [9.17, 15) is 4.79 Å². The number of H-pyrrole nitrogens is 1. The van der Waals surface area contributed by atoms with E-state index in [1.807, 2.05) is 6.92 Å². The van der Waals surface area contributed by atoms with Crippen molar-refractivity contribution in [1.29, 1.82) is 0 Å². The fourth-order valence-corrected chi connectivity index (χ4v) is 1.35. The number of furan rings is 1. The largest absolute Gasteiger partial charge is 0.469 e. The lowest BCUT2D eigenvalue weighted by molar-refractivity contribution is 0.535. The first kappa shape index (κ1) is 9.21. The molecule has 2 heterocycles. The van der Waals surface area contributed by atoms with Gasteiger partial charge in [-0.05, 0) is 28.9 Å². The van der Waals surface area contributed by atoms with Crippen LogP contribution in [0.15, 0.2) is 32.2 Å². The molecule has 0 radical (unpaired) electrons. The average Bonchev–Trinajstić information content (AvgIpc) is 2.57. The highest BCUT2D eigenvalue weighted by molar-refractivity contribution is 9.10. The second kappa shape index (κ2) is 3.42. The Balaban J connectivity index is 2.59. The van der Waals surface area contributed by atoms with Crippen LogP contribution in [-0.2, 0) is 0 Å². The van der Waals surface area contributed by atoms with Crippen LogP contribution >= 0.6 is 15.9 Å². The highest BCUT2D eigenvalue weighted by atomic mass is 79.9. The summed E-state index contributed by atoms with van der Waals surface area (Å²) in [6.07, 6.45) is 3.04. The minimum atomic E-state index is -0.199. The van der Waals surface area contributed by atoms with E-state index in [-0.39, 0.29) is 5.56 Å². The lowest BCUT2D eigenvalue weighted by Crippen LogP contribution is -2.08. The Hall–Kier alpha value is -1.36. The molecule has 0 amide bonds. The average molecular weight is 255 g/mol. The zero-order valence-electron chi connectivity index (χ0n) is 7.37. The number of nitrogens with one attached hydrogen (secondary N) is 1. The smallest absolute Gasteiger partial charge is 0.265 e. The van der Waals surface area contributed by atoms with Crippen molar-refractivity contribution in [3.8, 4) is 11.4 Å². The molecule has 0 unspecified atom stereocenters. The van der Waals surface area contributed by atoms with Gasteiger partial charge in [-0.15, -0.1) is 0 Å². The second-order valence-electron chi connectivity index (χ2n) is 2.80. The molecular weight excluding hydrogens is 248 g/mol. The molecule has 14 heavy (non-hydrogen) atoms. The predicted molar refractivity (Wildman–Crippen MR) is 55.0 cm³/mol. The summed E-state index contributed by atoms with van der Waals surface area (Å²) < 4.78 is 5.53. The molecule has 5 heteroatoms. The molecule has 2 rings (SSSR count). The van der Waals surface area contributed by atoms with Gasteiger partial charge in [0.25, 0.3) is 5.56 Å². The topological polar surface area (TPSA) is 58.9 Å². The van der Waals surface area contributed by atoms with Gasteiger partial charge in [0, 0.05) is 6.20 Å². The van der Waals surface area contributed by atoms with Crippen LogP contribution in [-0.4, -0.2) is 9.97 Å². The van der Waals surface area contributed by atoms with Crippen molar-refractivity contribution in [3.63, 3.8) is 0 Å². The van der Waals surface area contributed by atoms with Crippen molar-refractivity contribution < 1.29 is 4.42 Å². The van der Waals surface area contributed by atoms with E-state index in [1.54, 1.807) is 12.3 Å². The third-order valence-corrected chi connectivity index (χ3v) is 2.43. The van der Waals surface area contributed by atoms with Crippen LogP contribution in [0.1, 0.15) is 5.76 Å². The fourth-order valence-electron chi connectivity index (χ4n) is 1.15. The van der Waals surface area contributed by atoms with E-state index >= 15 is 0 Å². The Morgan fingerprint density at radius 1 is 1.57 bits per heavy atom. The highest BCUT2D eigenvalue weighted by Gasteiger charge is 2.07. The van der Waals surface area contributed by atoms with E-state index in [0.29, 0.717) is 10.3 Å². The summed E-state index contributed by atoms with van der Waals surface area (Å²) in [5.41, 5.74) is 0.602. The van der Waals surface area contributed by atoms with Crippen molar-refractivity contribution in [2.45, 2.75) is 6.92 Å². The van der Waals surface area contributed by atoms with E-state index in [2.05, 4.69) is 25.9 Å². The minimum absolute atomic E-state index is 0.199. The molecule has 0 saturated carbocycles. The van der Waals surface area contributed by atoms with Gasteiger partial charge in [0.2, 0.25) is 0 Å². The summed E-state index contributed by atoms with van der Waals surface area (Å²) >= 11 is 3.08. The predicted octanol–water partition coefficient (Wildman–Crippen LogP) is 2.10. The zero-order valence-corrected chi connectivity index (χ0v) is 8.96. The number of hydrogen-bond acceptors (Lipinski definition) is 3. The number of aromatic nitrogens is 2. The van der Waals surface area contributed by atoms with E-state index in [0.717, 1.165) is 11.3 Å². The van der Waals surface area contributed by atoms with E-state index < -0.39 is 0 Å². The van der Waals surface area contributed by atoms with Crippen LogP contribution < -0.4 is 5.56 Å². The van der Waals surface area contributed by atoms with Crippen LogP contribution in [0, 0.1) is 6.92 Å². The third kappa shape index (κ3) is 1.50. The number of aryl methyl sites for hydroxylation is 1. The number of rotatable bonds is 1. The van der Waals surface area contributed by atoms with Gasteiger partial charge in [0.1, 0.15) is 16.1 Å². The number of aromatic amines is 1. The van der Waals surface area contributed by atoms with Gasteiger partial charge < -0.3 is 9.40 Å². The minimum Gasteiger partial charge on any atom is -0.469 e. The molecule has 2 aromatic rings. The van der Waals surface area contributed by atoms with Gasteiger partial charge in [0.15, 0.2) is 0 Å². The second-order valence-corrected chi connectivity index (χ2v) is 3.65. The maximum atomic E-state index is 11.3. The molecule has 1 N–H and O–H groups in total.